The minimum absolute atomic E-state index is 0.445. The van der Waals surface area contributed by atoms with Gasteiger partial charge >= 0.3 is 0 Å². The minimum atomic E-state index is 0.445. The lowest BCUT2D eigenvalue weighted by atomic mass is 10.0. The predicted molar refractivity (Wildman–Crippen MR) is 88.0 cm³/mol. The van der Waals surface area contributed by atoms with E-state index in [1.165, 1.54) is 19.4 Å². The Balaban J connectivity index is 1.97. The quantitative estimate of drug-likeness (QED) is 0.886. The highest BCUT2D eigenvalue weighted by molar-refractivity contribution is 9.10. The molecule has 0 amide bonds. The van der Waals surface area contributed by atoms with E-state index in [0.717, 1.165) is 27.6 Å². The van der Waals surface area contributed by atoms with E-state index in [0.29, 0.717) is 11.7 Å². The van der Waals surface area contributed by atoms with Crippen LogP contribution in [0.25, 0.3) is 10.9 Å². The van der Waals surface area contributed by atoms with Gasteiger partial charge in [-0.25, -0.2) is 0 Å². The molecule has 3 N–H and O–H groups in total. The molecule has 1 atom stereocenters. The Morgan fingerprint density at radius 3 is 3.10 bits per heavy atom. The topological polar surface area (TPSA) is 54.2 Å². The van der Waals surface area contributed by atoms with Crippen molar-refractivity contribution in [1.82, 2.24) is 9.88 Å². The molecule has 0 bridgehead atoms. The number of fused-ring (bicyclic) bond motifs is 1. The van der Waals surface area contributed by atoms with Gasteiger partial charge in [0.2, 0.25) is 0 Å². The third kappa shape index (κ3) is 2.74. The van der Waals surface area contributed by atoms with E-state index in [1.807, 2.05) is 12.1 Å². The molecule has 106 valence electrons. The predicted octanol–water partition coefficient (Wildman–Crippen LogP) is 3.09. The summed E-state index contributed by atoms with van der Waals surface area (Å²) in [4.78, 5) is 6.75. The SMILES string of the molecule is CN1CCCC(Nc2c(N)cnc3ccc(Br)cc23)C1. The summed E-state index contributed by atoms with van der Waals surface area (Å²) < 4.78 is 1.04. The van der Waals surface area contributed by atoms with Crippen molar-refractivity contribution in [1.29, 1.82) is 0 Å². The number of likely N-dealkylation sites (N-methyl/N-ethyl adjacent to an activating group) is 1. The van der Waals surface area contributed by atoms with E-state index in [4.69, 9.17) is 5.73 Å². The fourth-order valence-corrected chi connectivity index (χ4v) is 3.19. The zero-order chi connectivity index (χ0) is 14.1. The molecule has 0 spiro atoms. The van der Waals surface area contributed by atoms with Crippen LogP contribution in [0.2, 0.25) is 0 Å². The van der Waals surface area contributed by atoms with Gasteiger partial charge in [0.1, 0.15) is 0 Å². The summed E-state index contributed by atoms with van der Waals surface area (Å²) in [6.45, 7) is 2.23. The van der Waals surface area contributed by atoms with Crippen LogP contribution in [-0.4, -0.2) is 36.1 Å². The maximum Gasteiger partial charge on any atom is 0.0743 e. The lowest BCUT2D eigenvalue weighted by Gasteiger charge is -2.31. The molecule has 1 aromatic heterocycles. The number of piperidine rings is 1. The van der Waals surface area contributed by atoms with Crippen molar-refractivity contribution in [2.45, 2.75) is 18.9 Å². The van der Waals surface area contributed by atoms with E-state index in [9.17, 15) is 0 Å². The van der Waals surface area contributed by atoms with Gasteiger partial charge in [0.15, 0.2) is 0 Å². The molecule has 0 aliphatic carbocycles. The number of rotatable bonds is 2. The summed E-state index contributed by atoms with van der Waals surface area (Å²) >= 11 is 3.52. The summed E-state index contributed by atoms with van der Waals surface area (Å²) in [6.07, 6.45) is 4.15. The Morgan fingerprint density at radius 1 is 1.45 bits per heavy atom. The van der Waals surface area contributed by atoms with Gasteiger partial charge in [-0.15, -0.1) is 0 Å². The van der Waals surface area contributed by atoms with Crippen LogP contribution < -0.4 is 11.1 Å². The summed E-state index contributed by atoms with van der Waals surface area (Å²) in [6, 6.07) is 6.54. The van der Waals surface area contributed by atoms with Crippen LogP contribution in [0.15, 0.2) is 28.9 Å². The second-order valence-electron chi connectivity index (χ2n) is 5.50. The Labute approximate surface area is 127 Å². The number of hydrogen-bond donors (Lipinski definition) is 2. The van der Waals surface area contributed by atoms with Crippen molar-refractivity contribution in [2.24, 2.45) is 0 Å². The third-order valence-corrected chi connectivity index (χ3v) is 4.33. The van der Waals surface area contributed by atoms with Crippen molar-refractivity contribution in [3.8, 4) is 0 Å². The monoisotopic (exact) mass is 334 g/mol. The van der Waals surface area contributed by atoms with Crippen LogP contribution in [0.5, 0.6) is 0 Å². The number of halogens is 1. The van der Waals surface area contributed by atoms with Crippen LogP contribution in [0, 0.1) is 0 Å². The molecular weight excluding hydrogens is 316 g/mol. The lowest BCUT2D eigenvalue weighted by Crippen LogP contribution is -2.39. The van der Waals surface area contributed by atoms with Gasteiger partial charge in [0.25, 0.3) is 0 Å². The maximum absolute atomic E-state index is 6.13. The first-order valence-corrected chi connectivity index (χ1v) is 7.71. The standard InChI is InChI=1S/C15H19BrN4/c1-20-6-2-3-11(9-20)19-15-12-7-10(16)4-5-14(12)18-8-13(15)17/h4-5,7-8,11H,2-3,6,9,17H2,1H3,(H,18,19). The molecule has 1 aliphatic heterocycles. The summed E-state index contributed by atoms with van der Waals surface area (Å²) in [5.41, 5.74) is 8.82. The molecule has 1 unspecified atom stereocenters. The van der Waals surface area contributed by atoms with Crippen LogP contribution in [0.4, 0.5) is 11.4 Å². The molecule has 1 fully saturated rings. The number of nitrogen functional groups attached to an aromatic ring is 1. The number of pyridine rings is 1. The zero-order valence-electron chi connectivity index (χ0n) is 11.6. The Morgan fingerprint density at radius 2 is 2.30 bits per heavy atom. The average Bonchev–Trinajstić information content (AvgIpc) is 2.42. The highest BCUT2D eigenvalue weighted by atomic mass is 79.9. The van der Waals surface area contributed by atoms with Gasteiger partial charge in [0, 0.05) is 22.4 Å². The van der Waals surface area contributed by atoms with Crippen molar-refractivity contribution in [3.05, 3.63) is 28.9 Å². The van der Waals surface area contributed by atoms with Gasteiger partial charge in [0.05, 0.1) is 23.1 Å². The molecule has 0 radical (unpaired) electrons. The Kier molecular flexibility index (Phi) is 3.81. The highest BCUT2D eigenvalue weighted by Crippen LogP contribution is 2.31. The third-order valence-electron chi connectivity index (χ3n) is 3.83. The fourth-order valence-electron chi connectivity index (χ4n) is 2.83. The molecule has 1 aliphatic rings. The van der Waals surface area contributed by atoms with Gasteiger partial charge in [-0.05, 0) is 44.6 Å². The first-order chi connectivity index (χ1) is 9.63. The van der Waals surface area contributed by atoms with E-state index in [2.05, 4.69) is 44.2 Å². The number of anilines is 2. The first kappa shape index (κ1) is 13.6. The normalized spacial score (nSPS) is 20.2. The van der Waals surface area contributed by atoms with Gasteiger partial charge in [-0.2, -0.15) is 0 Å². The van der Waals surface area contributed by atoms with E-state index >= 15 is 0 Å². The molecule has 1 saturated heterocycles. The second kappa shape index (κ2) is 5.58. The second-order valence-corrected chi connectivity index (χ2v) is 6.41. The van der Waals surface area contributed by atoms with Gasteiger partial charge < -0.3 is 16.0 Å². The van der Waals surface area contributed by atoms with Gasteiger partial charge in [-0.1, -0.05) is 15.9 Å². The van der Waals surface area contributed by atoms with Crippen LogP contribution in [0.3, 0.4) is 0 Å². The number of nitrogens with two attached hydrogens (primary N) is 1. The zero-order valence-corrected chi connectivity index (χ0v) is 13.2. The smallest absolute Gasteiger partial charge is 0.0743 e. The van der Waals surface area contributed by atoms with E-state index in [1.54, 1.807) is 6.20 Å². The molecule has 20 heavy (non-hydrogen) atoms. The van der Waals surface area contributed by atoms with E-state index in [-0.39, 0.29) is 0 Å². The first-order valence-electron chi connectivity index (χ1n) is 6.92. The van der Waals surface area contributed by atoms with Gasteiger partial charge in [-0.3, -0.25) is 4.98 Å². The molecule has 2 aromatic rings. The number of hydrogen-bond acceptors (Lipinski definition) is 4. The molecule has 3 rings (SSSR count). The van der Waals surface area contributed by atoms with Crippen molar-refractivity contribution in [2.75, 3.05) is 31.2 Å². The number of benzene rings is 1. The minimum Gasteiger partial charge on any atom is -0.396 e. The average molecular weight is 335 g/mol. The fraction of sp³-hybridized carbons (Fsp3) is 0.400. The number of likely N-dealkylation sites (tertiary alicyclic amines) is 1. The molecular formula is C15H19BrN4. The van der Waals surface area contributed by atoms with Crippen LogP contribution in [-0.2, 0) is 0 Å². The van der Waals surface area contributed by atoms with Crippen molar-refractivity contribution in [3.63, 3.8) is 0 Å². The molecule has 4 nitrogen and oxygen atoms in total. The molecule has 2 heterocycles. The highest BCUT2D eigenvalue weighted by Gasteiger charge is 2.18. The lowest BCUT2D eigenvalue weighted by molar-refractivity contribution is 0.261. The molecule has 5 heteroatoms. The Bertz CT molecular complexity index is 623. The number of aromatic nitrogens is 1. The summed E-state index contributed by atoms with van der Waals surface area (Å²) in [5, 5.41) is 4.70. The van der Waals surface area contributed by atoms with E-state index < -0.39 is 0 Å². The Hall–Kier alpha value is -1.33. The van der Waals surface area contributed by atoms with Crippen molar-refractivity contribution < 1.29 is 0 Å². The molecule has 0 saturated carbocycles. The maximum atomic E-state index is 6.13. The summed E-state index contributed by atoms with van der Waals surface area (Å²) in [7, 11) is 2.17. The summed E-state index contributed by atoms with van der Waals surface area (Å²) in [5.74, 6) is 0. The number of nitrogens with zero attached hydrogens (tertiary/aromatic N) is 2. The van der Waals surface area contributed by atoms with Crippen LogP contribution in [0.1, 0.15) is 12.8 Å². The van der Waals surface area contributed by atoms with Crippen LogP contribution >= 0.6 is 15.9 Å². The van der Waals surface area contributed by atoms with Crippen molar-refractivity contribution >= 4 is 38.2 Å². The number of nitrogens with one attached hydrogen (secondary N) is 1. The molecule has 1 aromatic carbocycles. The largest absolute Gasteiger partial charge is 0.396 e.